The van der Waals surface area contributed by atoms with Gasteiger partial charge in [0.15, 0.2) is 5.69 Å². The summed E-state index contributed by atoms with van der Waals surface area (Å²) < 4.78 is 7.35. The standard InChI is InChI=1S/C20H16N4O3/c1-12-6-5-8-14(10-12)18-21-22-19(27-18)17-11-15(20(25)26)23-24(17)16-9-4-3-7-13(16)2/h3-11H,1-2H3,(H,25,26). The van der Waals surface area contributed by atoms with E-state index < -0.39 is 5.97 Å². The Morgan fingerprint density at radius 2 is 1.78 bits per heavy atom. The smallest absolute Gasteiger partial charge is 0.356 e. The molecule has 2 heterocycles. The molecule has 0 bridgehead atoms. The normalized spacial score (nSPS) is 10.9. The highest BCUT2D eigenvalue weighted by atomic mass is 16.4. The molecule has 7 heteroatoms. The van der Waals surface area contributed by atoms with Crippen LogP contribution in [0, 0.1) is 13.8 Å². The van der Waals surface area contributed by atoms with Gasteiger partial charge in [-0.3, -0.25) is 0 Å². The van der Waals surface area contributed by atoms with Crippen LogP contribution in [0.1, 0.15) is 21.6 Å². The number of carboxylic acids is 1. The molecular formula is C20H16N4O3. The van der Waals surface area contributed by atoms with E-state index in [0.717, 1.165) is 22.4 Å². The lowest BCUT2D eigenvalue weighted by atomic mass is 10.1. The maximum Gasteiger partial charge on any atom is 0.356 e. The molecule has 0 aliphatic carbocycles. The van der Waals surface area contributed by atoms with E-state index in [0.29, 0.717) is 11.6 Å². The molecule has 1 N–H and O–H groups in total. The number of aryl methyl sites for hydroxylation is 2. The Kier molecular flexibility index (Phi) is 4.04. The van der Waals surface area contributed by atoms with Crippen LogP contribution in [0.5, 0.6) is 0 Å². The molecule has 2 aromatic carbocycles. The molecule has 0 saturated heterocycles. The van der Waals surface area contributed by atoms with E-state index in [1.54, 1.807) is 0 Å². The van der Waals surface area contributed by atoms with Gasteiger partial charge in [-0.15, -0.1) is 10.2 Å². The fraction of sp³-hybridized carbons (Fsp3) is 0.100. The molecule has 0 aliphatic rings. The molecule has 4 aromatic rings. The number of carbonyl (C=O) groups is 1. The topological polar surface area (TPSA) is 94.0 Å². The van der Waals surface area contributed by atoms with E-state index in [9.17, 15) is 9.90 Å². The van der Waals surface area contributed by atoms with Gasteiger partial charge in [0.1, 0.15) is 5.69 Å². The number of hydrogen-bond donors (Lipinski definition) is 1. The quantitative estimate of drug-likeness (QED) is 0.593. The number of carboxylic acid groups (broad SMARTS) is 1. The van der Waals surface area contributed by atoms with E-state index in [-0.39, 0.29) is 11.6 Å². The highest BCUT2D eigenvalue weighted by Gasteiger charge is 2.21. The van der Waals surface area contributed by atoms with Crippen LogP contribution in [0.25, 0.3) is 28.7 Å². The Balaban J connectivity index is 1.85. The Labute approximate surface area is 154 Å². The molecule has 0 atom stereocenters. The molecular weight excluding hydrogens is 344 g/mol. The van der Waals surface area contributed by atoms with E-state index in [2.05, 4.69) is 15.3 Å². The van der Waals surface area contributed by atoms with Crippen LogP contribution < -0.4 is 0 Å². The van der Waals surface area contributed by atoms with Crippen molar-refractivity contribution in [3.05, 3.63) is 71.4 Å². The van der Waals surface area contributed by atoms with Gasteiger partial charge in [0.25, 0.3) is 5.89 Å². The van der Waals surface area contributed by atoms with Gasteiger partial charge in [-0.1, -0.05) is 35.9 Å². The Hall–Kier alpha value is -3.74. The summed E-state index contributed by atoms with van der Waals surface area (Å²) in [6, 6.07) is 16.7. The molecule has 0 unspecified atom stereocenters. The van der Waals surface area contributed by atoms with Crippen LogP contribution in [0.15, 0.2) is 59.0 Å². The van der Waals surface area contributed by atoms with Gasteiger partial charge >= 0.3 is 5.97 Å². The van der Waals surface area contributed by atoms with Crippen molar-refractivity contribution >= 4 is 5.97 Å². The first-order valence-electron chi connectivity index (χ1n) is 8.33. The number of nitrogens with zero attached hydrogens (tertiary/aromatic N) is 4. The van der Waals surface area contributed by atoms with Crippen molar-refractivity contribution in [2.45, 2.75) is 13.8 Å². The van der Waals surface area contributed by atoms with Crippen molar-refractivity contribution in [3.8, 4) is 28.7 Å². The molecule has 0 aliphatic heterocycles. The fourth-order valence-electron chi connectivity index (χ4n) is 2.84. The van der Waals surface area contributed by atoms with Gasteiger partial charge < -0.3 is 9.52 Å². The third-order valence-electron chi connectivity index (χ3n) is 4.18. The highest BCUT2D eigenvalue weighted by molar-refractivity contribution is 5.86. The van der Waals surface area contributed by atoms with Gasteiger partial charge in [0, 0.05) is 11.6 Å². The van der Waals surface area contributed by atoms with Gasteiger partial charge in [-0.25, -0.2) is 9.48 Å². The Morgan fingerprint density at radius 1 is 1.00 bits per heavy atom. The minimum absolute atomic E-state index is 0.0939. The highest BCUT2D eigenvalue weighted by Crippen LogP contribution is 2.28. The van der Waals surface area contributed by atoms with Crippen molar-refractivity contribution in [2.24, 2.45) is 0 Å². The van der Waals surface area contributed by atoms with Gasteiger partial charge in [-0.05, 0) is 37.6 Å². The number of aromatic carboxylic acids is 1. The third kappa shape index (κ3) is 3.10. The third-order valence-corrected chi connectivity index (χ3v) is 4.18. The van der Waals surface area contributed by atoms with Crippen molar-refractivity contribution in [1.82, 2.24) is 20.0 Å². The molecule has 0 fully saturated rings. The predicted molar refractivity (Wildman–Crippen MR) is 98.7 cm³/mol. The second-order valence-electron chi connectivity index (χ2n) is 6.20. The molecule has 0 saturated carbocycles. The van der Waals surface area contributed by atoms with Crippen molar-refractivity contribution < 1.29 is 14.3 Å². The number of benzene rings is 2. The summed E-state index contributed by atoms with van der Waals surface area (Å²) in [5.41, 5.74) is 3.89. The molecule has 4 rings (SSSR count). The molecule has 27 heavy (non-hydrogen) atoms. The summed E-state index contributed by atoms with van der Waals surface area (Å²) >= 11 is 0. The molecule has 2 aromatic heterocycles. The number of aromatic nitrogens is 4. The molecule has 0 radical (unpaired) electrons. The second kappa shape index (κ2) is 6.53. The minimum atomic E-state index is -1.12. The van der Waals surface area contributed by atoms with Crippen LogP contribution in [-0.2, 0) is 0 Å². The number of hydrogen-bond acceptors (Lipinski definition) is 5. The monoisotopic (exact) mass is 360 g/mol. The maximum absolute atomic E-state index is 11.4. The van der Waals surface area contributed by atoms with Crippen LogP contribution in [0.2, 0.25) is 0 Å². The number of para-hydroxylation sites is 1. The van der Waals surface area contributed by atoms with Crippen LogP contribution >= 0.6 is 0 Å². The van der Waals surface area contributed by atoms with Crippen molar-refractivity contribution in [3.63, 3.8) is 0 Å². The van der Waals surface area contributed by atoms with Gasteiger partial charge in [0.2, 0.25) is 5.89 Å². The second-order valence-corrected chi connectivity index (χ2v) is 6.20. The van der Waals surface area contributed by atoms with E-state index >= 15 is 0 Å². The summed E-state index contributed by atoms with van der Waals surface area (Å²) in [5.74, 6) is -0.556. The molecule has 0 amide bonds. The predicted octanol–water partition coefficient (Wildman–Crippen LogP) is 3.90. The Morgan fingerprint density at radius 3 is 2.52 bits per heavy atom. The average Bonchev–Trinajstić information content (AvgIpc) is 3.29. The van der Waals surface area contributed by atoms with E-state index in [1.165, 1.54) is 10.7 Å². The van der Waals surface area contributed by atoms with Gasteiger partial charge in [-0.2, -0.15) is 5.10 Å². The Bertz CT molecular complexity index is 1140. The summed E-state index contributed by atoms with van der Waals surface area (Å²) in [6.45, 7) is 3.90. The van der Waals surface area contributed by atoms with Gasteiger partial charge in [0.05, 0.1) is 5.69 Å². The molecule has 0 spiro atoms. The van der Waals surface area contributed by atoms with Crippen LogP contribution in [0.3, 0.4) is 0 Å². The fourth-order valence-corrected chi connectivity index (χ4v) is 2.84. The zero-order valence-corrected chi connectivity index (χ0v) is 14.7. The van der Waals surface area contributed by atoms with Crippen molar-refractivity contribution in [1.29, 1.82) is 0 Å². The summed E-state index contributed by atoms with van der Waals surface area (Å²) in [5, 5.41) is 21.8. The first-order valence-corrected chi connectivity index (χ1v) is 8.33. The summed E-state index contributed by atoms with van der Waals surface area (Å²) in [7, 11) is 0. The van der Waals surface area contributed by atoms with Crippen LogP contribution in [0.4, 0.5) is 0 Å². The summed E-state index contributed by atoms with van der Waals surface area (Å²) in [4.78, 5) is 11.4. The SMILES string of the molecule is Cc1cccc(-c2nnc(-c3cc(C(=O)O)nn3-c3ccccc3C)o2)c1. The molecule has 7 nitrogen and oxygen atoms in total. The number of rotatable bonds is 4. The minimum Gasteiger partial charge on any atom is -0.476 e. The lowest BCUT2D eigenvalue weighted by molar-refractivity contribution is 0.0690. The first kappa shape index (κ1) is 16.7. The van der Waals surface area contributed by atoms with Crippen molar-refractivity contribution in [2.75, 3.05) is 0 Å². The summed E-state index contributed by atoms with van der Waals surface area (Å²) in [6.07, 6.45) is 0. The lowest BCUT2D eigenvalue weighted by Crippen LogP contribution is -2.03. The average molecular weight is 360 g/mol. The van der Waals surface area contributed by atoms with E-state index in [1.807, 2.05) is 62.4 Å². The zero-order chi connectivity index (χ0) is 19.0. The van der Waals surface area contributed by atoms with Crippen LogP contribution in [-0.4, -0.2) is 31.1 Å². The largest absolute Gasteiger partial charge is 0.476 e. The maximum atomic E-state index is 11.4. The molecule has 134 valence electrons. The lowest BCUT2D eigenvalue weighted by Gasteiger charge is -2.07. The first-order chi connectivity index (χ1) is 13.0. The zero-order valence-electron chi connectivity index (χ0n) is 14.7. The van der Waals surface area contributed by atoms with E-state index in [4.69, 9.17) is 4.42 Å².